The van der Waals surface area contributed by atoms with Crippen molar-refractivity contribution in [1.82, 2.24) is 9.80 Å². The molecule has 0 N–H and O–H groups in total. The van der Waals surface area contributed by atoms with Crippen LogP contribution in [0.1, 0.15) is 17.5 Å². The van der Waals surface area contributed by atoms with E-state index >= 15 is 0 Å². The highest BCUT2D eigenvalue weighted by Crippen LogP contribution is 2.30. The predicted octanol–water partition coefficient (Wildman–Crippen LogP) is 2.63. The third-order valence-electron chi connectivity index (χ3n) is 4.04. The average molecular weight is 344 g/mol. The first-order valence-electron chi connectivity index (χ1n) is 7.95. The molecule has 0 aliphatic carbocycles. The number of hydrogen-bond acceptors (Lipinski definition) is 3. The lowest BCUT2D eigenvalue weighted by Crippen LogP contribution is -2.40. The van der Waals surface area contributed by atoms with Crippen molar-refractivity contribution in [2.75, 3.05) is 40.4 Å². The van der Waals surface area contributed by atoms with Crippen molar-refractivity contribution in [1.29, 1.82) is 0 Å². The molecule has 0 bridgehead atoms. The van der Waals surface area contributed by atoms with Crippen LogP contribution >= 0.6 is 0 Å². The number of hydrogen-bond donors (Lipinski definition) is 0. The SMILES string of the molecule is CN(C)CCN(Cc1cccc(C(F)(F)F)c1)C(=O)C1CCOC1. The third kappa shape index (κ3) is 5.21. The number of rotatable bonds is 6. The Labute approximate surface area is 140 Å². The van der Waals surface area contributed by atoms with Gasteiger partial charge in [-0.15, -0.1) is 0 Å². The molecule has 0 radical (unpaired) electrons. The lowest BCUT2D eigenvalue weighted by Gasteiger charge is -2.27. The maximum Gasteiger partial charge on any atom is 0.416 e. The molecule has 134 valence electrons. The average Bonchev–Trinajstić information content (AvgIpc) is 3.04. The Hall–Kier alpha value is -1.60. The quantitative estimate of drug-likeness (QED) is 0.795. The van der Waals surface area contributed by atoms with Crippen LogP contribution in [0.15, 0.2) is 24.3 Å². The summed E-state index contributed by atoms with van der Waals surface area (Å²) in [5.74, 6) is -0.246. The van der Waals surface area contributed by atoms with Crippen LogP contribution in [0.4, 0.5) is 13.2 Å². The first-order valence-corrected chi connectivity index (χ1v) is 7.95. The first kappa shape index (κ1) is 18.7. The Bertz CT molecular complexity index is 555. The molecule has 24 heavy (non-hydrogen) atoms. The van der Waals surface area contributed by atoms with Crippen molar-refractivity contribution in [2.24, 2.45) is 5.92 Å². The maximum atomic E-state index is 12.9. The van der Waals surface area contributed by atoms with Gasteiger partial charge in [-0.3, -0.25) is 4.79 Å². The van der Waals surface area contributed by atoms with Crippen LogP contribution in [0.25, 0.3) is 0 Å². The molecule has 1 amide bonds. The fourth-order valence-electron chi connectivity index (χ4n) is 2.64. The predicted molar refractivity (Wildman–Crippen MR) is 84.3 cm³/mol. The highest BCUT2D eigenvalue weighted by atomic mass is 19.4. The van der Waals surface area contributed by atoms with Gasteiger partial charge in [-0.25, -0.2) is 0 Å². The number of alkyl halides is 3. The van der Waals surface area contributed by atoms with Gasteiger partial charge in [0.1, 0.15) is 0 Å². The van der Waals surface area contributed by atoms with Gasteiger partial charge in [0, 0.05) is 26.2 Å². The molecule has 1 heterocycles. The smallest absolute Gasteiger partial charge is 0.381 e. The van der Waals surface area contributed by atoms with Gasteiger partial charge < -0.3 is 14.5 Å². The Morgan fingerprint density at radius 2 is 2.04 bits per heavy atom. The fraction of sp³-hybridized carbons (Fsp3) is 0.588. The van der Waals surface area contributed by atoms with Gasteiger partial charge in [0.15, 0.2) is 0 Å². The van der Waals surface area contributed by atoms with Gasteiger partial charge in [0.25, 0.3) is 0 Å². The van der Waals surface area contributed by atoms with Crippen LogP contribution in [-0.4, -0.2) is 56.1 Å². The zero-order valence-corrected chi connectivity index (χ0v) is 14.0. The Morgan fingerprint density at radius 3 is 2.62 bits per heavy atom. The Balaban J connectivity index is 2.13. The molecule has 1 aliphatic heterocycles. The maximum absolute atomic E-state index is 12.9. The van der Waals surface area contributed by atoms with Gasteiger partial charge in [-0.1, -0.05) is 12.1 Å². The molecule has 1 aromatic carbocycles. The van der Waals surface area contributed by atoms with E-state index in [9.17, 15) is 18.0 Å². The minimum Gasteiger partial charge on any atom is -0.381 e. The number of carbonyl (C=O) groups excluding carboxylic acids is 1. The van der Waals surface area contributed by atoms with E-state index in [2.05, 4.69) is 0 Å². The summed E-state index contributed by atoms with van der Waals surface area (Å²) in [5, 5.41) is 0. The van der Waals surface area contributed by atoms with Gasteiger partial charge in [0.05, 0.1) is 18.1 Å². The van der Waals surface area contributed by atoms with Gasteiger partial charge in [0.2, 0.25) is 5.91 Å². The third-order valence-corrected chi connectivity index (χ3v) is 4.04. The molecule has 1 unspecified atom stereocenters. The number of benzene rings is 1. The second kappa shape index (κ2) is 7.98. The van der Waals surface area contributed by atoms with Crippen LogP contribution in [0.5, 0.6) is 0 Å². The number of carbonyl (C=O) groups is 1. The fourth-order valence-corrected chi connectivity index (χ4v) is 2.64. The molecule has 1 aliphatic rings. The molecule has 4 nitrogen and oxygen atoms in total. The van der Waals surface area contributed by atoms with Gasteiger partial charge >= 0.3 is 6.18 Å². The van der Waals surface area contributed by atoms with E-state index in [1.807, 2.05) is 19.0 Å². The van der Waals surface area contributed by atoms with Gasteiger partial charge in [-0.05, 0) is 38.2 Å². The summed E-state index contributed by atoms with van der Waals surface area (Å²) in [6.45, 7) is 2.24. The van der Waals surface area contributed by atoms with E-state index in [0.29, 0.717) is 38.3 Å². The summed E-state index contributed by atoms with van der Waals surface area (Å²) in [5.41, 5.74) is -0.208. The van der Waals surface area contributed by atoms with E-state index < -0.39 is 11.7 Å². The molecular weight excluding hydrogens is 321 g/mol. The van der Waals surface area contributed by atoms with E-state index in [1.165, 1.54) is 6.07 Å². The van der Waals surface area contributed by atoms with Crippen LogP contribution in [0, 0.1) is 5.92 Å². The molecule has 1 aromatic rings. The van der Waals surface area contributed by atoms with Crippen LogP contribution in [0.3, 0.4) is 0 Å². The number of likely N-dealkylation sites (N-methyl/N-ethyl adjacent to an activating group) is 1. The van der Waals surface area contributed by atoms with E-state index in [-0.39, 0.29) is 18.4 Å². The molecule has 0 aromatic heterocycles. The van der Waals surface area contributed by atoms with Crippen molar-refractivity contribution in [3.05, 3.63) is 35.4 Å². The number of amides is 1. The minimum absolute atomic E-state index is 0.0493. The summed E-state index contributed by atoms with van der Waals surface area (Å²) in [7, 11) is 3.79. The van der Waals surface area contributed by atoms with Gasteiger partial charge in [-0.2, -0.15) is 13.2 Å². The summed E-state index contributed by atoms with van der Waals surface area (Å²) in [4.78, 5) is 16.2. The molecule has 0 saturated carbocycles. The normalized spacial score (nSPS) is 18.2. The topological polar surface area (TPSA) is 32.8 Å². The van der Waals surface area contributed by atoms with E-state index in [1.54, 1.807) is 11.0 Å². The molecule has 0 spiro atoms. The van der Waals surface area contributed by atoms with Crippen molar-refractivity contribution >= 4 is 5.91 Å². The Morgan fingerprint density at radius 1 is 1.29 bits per heavy atom. The van der Waals surface area contributed by atoms with Crippen molar-refractivity contribution in [3.8, 4) is 0 Å². The molecule has 7 heteroatoms. The molecule has 1 fully saturated rings. The number of ether oxygens (including phenoxy) is 1. The summed E-state index contributed by atoms with van der Waals surface area (Å²) in [6, 6.07) is 5.16. The standard InChI is InChI=1S/C17H23F3N2O2/c1-21(2)7-8-22(16(23)14-6-9-24-12-14)11-13-4-3-5-15(10-13)17(18,19)20/h3-5,10,14H,6-9,11-12H2,1-2H3. The highest BCUT2D eigenvalue weighted by molar-refractivity contribution is 5.79. The lowest BCUT2D eigenvalue weighted by molar-refractivity contribution is -0.137. The second-order valence-electron chi connectivity index (χ2n) is 6.32. The monoisotopic (exact) mass is 344 g/mol. The largest absolute Gasteiger partial charge is 0.416 e. The molecule has 2 rings (SSSR count). The highest BCUT2D eigenvalue weighted by Gasteiger charge is 2.31. The summed E-state index contributed by atoms with van der Waals surface area (Å²) >= 11 is 0. The van der Waals surface area contributed by atoms with Crippen molar-refractivity contribution in [3.63, 3.8) is 0 Å². The second-order valence-corrected chi connectivity index (χ2v) is 6.32. The van der Waals surface area contributed by atoms with Crippen molar-refractivity contribution < 1.29 is 22.7 Å². The van der Waals surface area contributed by atoms with E-state index in [4.69, 9.17) is 4.74 Å². The summed E-state index contributed by atoms with van der Waals surface area (Å²) in [6.07, 6.45) is -3.71. The molecule has 1 saturated heterocycles. The van der Waals surface area contributed by atoms with Crippen LogP contribution < -0.4 is 0 Å². The summed E-state index contributed by atoms with van der Waals surface area (Å²) < 4.78 is 43.8. The molecule has 1 atom stereocenters. The molecular formula is C17H23F3N2O2. The lowest BCUT2D eigenvalue weighted by atomic mass is 10.1. The number of halogens is 3. The van der Waals surface area contributed by atoms with Crippen LogP contribution in [0.2, 0.25) is 0 Å². The first-order chi connectivity index (χ1) is 11.3. The van der Waals surface area contributed by atoms with Crippen molar-refractivity contribution in [2.45, 2.75) is 19.1 Å². The number of nitrogens with zero attached hydrogens (tertiary/aromatic N) is 2. The zero-order chi connectivity index (χ0) is 17.7. The van der Waals surface area contributed by atoms with Crippen LogP contribution in [-0.2, 0) is 22.3 Å². The zero-order valence-electron chi connectivity index (χ0n) is 14.0. The Kier molecular flexibility index (Phi) is 6.23. The van der Waals surface area contributed by atoms with E-state index in [0.717, 1.165) is 12.1 Å². The minimum atomic E-state index is -4.38.